The summed E-state index contributed by atoms with van der Waals surface area (Å²) in [5.41, 5.74) is 1.29. The molecule has 31 heavy (non-hydrogen) atoms. The standard InChI is InChI=1S/C24H17NO6/c1-14(26)29-21-10-7-16(12-22(21)30-15(2)27)11-20-24(28)31-23(25-20)19-9-8-17-5-3-4-6-18(17)13-19/h3-13H,1-2H3/b20-11-. The summed E-state index contributed by atoms with van der Waals surface area (Å²) in [6.07, 6.45) is 1.50. The Hall–Kier alpha value is -4.26. The number of nitrogens with zero attached hydrogens (tertiary/aromatic N) is 1. The van der Waals surface area contributed by atoms with Crippen LogP contribution in [-0.2, 0) is 19.1 Å². The van der Waals surface area contributed by atoms with Gasteiger partial charge in [-0.2, -0.15) is 0 Å². The van der Waals surface area contributed by atoms with Crippen LogP contribution < -0.4 is 9.47 Å². The van der Waals surface area contributed by atoms with Crippen molar-refractivity contribution in [3.8, 4) is 11.5 Å². The average molecular weight is 415 g/mol. The Balaban J connectivity index is 1.67. The summed E-state index contributed by atoms with van der Waals surface area (Å²) in [5, 5.41) is 2.07. The van der Waals surface area contributed by atoms with Gasteiger partial charge in [0.1, 0.15) is 0 Å². The summed E-state index contributed by atoms with van der Waals surface area (Å²) < 4.78 is 15.5. The van der Waals surface area contributed by atoms with Crippen molar-refractivity contribution in [1.82, 2.24) is 0 Å². The van der Waals surface area contributed by atoms with Crippen LogP contribution in [0, 0.1) is 0 Å². The van der Waals surface area contributed by atoms with E-state index < -0.39 is 17.9 Å². The number of ether oxygens (including phenoxy) is 3. The predicted octanol–water partition coefficient (Wildman–Crippen LogP) is 4.03. The van der Waals surface area contributed by atoms with Crippen LogP contribution in [0.3, 0.4) is 0 Å². The molecule has 7 nitrogen and oxygen atoms in total. The molecule has 0 aromatic heterocycles. The van der Waals surface area contributed by atoms with Crippen LogP contribution >= 0.6 is 0 Å². The zero-order valence-corrected chi connectivity index (χ0v) is 16.7. The zero-order valence-electron chi connectivity index (χ0n) is 16.7. The van der Waals surface area contributed by atoms with Gasteiger partial charge in [0.05, 0.1) is 0 Å². The lowest BCUT2D eigenvalue weighted by molar-refractivity contribution is -0.134. The largest absolute Gasteiger partial charge is 0.423 e. The first-order valence-electron chi connectivity index (χ1n) is 9.42. The van der Waals surface area contributed by atoms with Crippen LogP contribution in [0.1, 0.15) is 25.0 Å². The molecule has 7 heteroatoms. The van der Waals surface area contributed by atoms with E-state index in [0.29, 0.717) is 11.1 Å². The van der Waals surface area contributed by atoms with Gasteiger partial charge in [-0.05, 0) is 46.7 Å². The van der Waals surface area contributed by atoms with Gasteiger partial charge >= 0.3 is 17.9 Å². The molecular weight excluding hydrogens is 398 g/mol. The topological polar surface area (TPSA) is 91.3 Å². The quantitative estimate of drug-likeness (QED) is 0.363. The van der Waals surface area contributed by atoms with Gasteiger partial charge in [0.2, 0.25) is 5.90 Å². The summed E-state index contributed by atoms with van der Waals surface area (Å²) in [7, 11) is 0. The molecule has 0 aliphatic carbocycles. The van der Waals surface area contributed by atoms with Crippen molar-refractivity contribution in [2.24, 2.45) is 4.99 Å². The van der Waals surface area contributed by atoms with Gasteiger partial charge in [-0.25, -0.2) is 9.79 Å². The number of rotatable bonds is 4. The number of carbonyl (C=O) groups is 3. The predicted molar refractivity (Wildman–Crippen MR) is 114 cm³/mol. The molecule has 0 bridgehead atoms. The summed E-state index contributed by atoms with van der Waals surface area (Å²) in [5.74, 6) is -1.36. The molecule has 0 spiro atoms. The molecule has 3 aromatic rings. The third kappa shape index (κ3) is 4.51. The van der Waals surface area contributed by atoms with Crippen LogP contribution in [0.4, 0.5) is 0 Å². The van der Waals surface area contributed by atoms with Crippen molar-refractivity contribution >= 4 is 40.7 Å². The Labute approximate surface area is 177 Å². The smallest absolute Gasteiger partial charge is 0.363 e. The van der Waals surface area contributed by atoms with Gasteiger partial charge in [0.25, 0.3) is 0 Å². The van der Waals surface area contributed by atoms with Gasteiger partial charge in [-0.1, -0.05) is 36.4 Å². The lowest BCUT2D eigenvalue weighted by Gasteiger charge is -2.09. The Morgan fingerprint density at radius 2 is 1.58 bits per heavy atom. The van der Waals surface area contributed by atoms with Gasteiger partial charge in [0, 0.05) is 19.4 Å². The maximum absolute atomic E-state index is 12.3. The van der Waals surface area contributed by atoms with E-state index in [1.807, 2.05) is 42.5 Å². The van der Waals surface area contributed by atoms with E-state index in [9.17, 15) is 14.4 Å². The third-order valence-electron chi connectivity index (χ3n) is 4.40. The minimum absolute atomic E-state index is 0.0575. The molecule has 1 aliphatic rings. The number of carbonyl (C=O) groups excluding carboxylic acids is 3. The Morgan fingerprint density at radius 3 is 2.32 bits per heavy atom. The highest BCUT2D eigenvalue weighted by Gasteiger charge is 2.24. The van der Waals surface area contributed by atoms with Crippen molar-refractivity contribution in [3.63, 3.8) is 0 Å². The van der Waals surface area contributed by atoms with E-state index in [1.54, 1.807) is 6.07 Å². The summed E-state index contributed by atoms with van der Waals surface area (Å²) in [6, 6.07) is 18.1. The minimum atomic E-state index is -0.596. The second-order valence-corrected chi connectivity index (χ2v) is 6.79. The van der Waals surface area contributed by atoms with E-state index in [1.165, 1.54) is 32.1 Å². The lowest BCUT2D eigenvalue weighted by atomic mass is 10.1. The summed E-state index contributed by atoms with van der Waals surface area (Å²) >= 11 is 0. The highest BCUT2D eigenvalue weighted by molar-refractivity contribution is 6.13. The Bertz CT molecular complexity index is 1290. The average Bonchev–Trinajstić information content (AvgIpc) is 3.09. The van der Waals surface area contributed by atoms with E-state index >= 15 is 0 Å². The third-order valence-corrected chi connectivity index (χ3v) is 4.40. The van der Waals surface area contributed by atoms with Crippen LogP contribution in [0.2, 0.25) is 0 Å². The number of benzene rings is 3. The van der Waals surface area contributed by atoms with Gasteiger partial charge in [0.15, 0.2) is 17.2 Å². The zero-order chi connectivity index (χ0) is 22.0. The van der Waals surface area contributed by atoms with Crippen molar-refractivity contribution in [2.45, 2.75) is 13.8 Å². The van der Waals surface area contributed by atoms with Crippen LogP contribution in [0.25, 0.3) is 16.8 Å². The normalized spacial score (nSPS) is 14.3. The van der Waals surface area contributed by atoms with E-state index in [2.05, 4.69) is 4.99 Å². The highest BCUT2D eigenvalue weighted by atomic mass is 16.6. The number of cyclic esters (lactones) is 1. The number of aliphatic imine (C=N–C) groups is 1. The monoisotopic (exact) mass is 415 g/mol. The summed E-state index contributed by atoms with van der Waals surface area (Å²) in [6.45, 7) is 2.47. The molecule has 0 radical (unpaired) electrons. The van der Waals surface area contributed by atoms with Crippen LogP contribution in [0.5, 0.6) is 11.5 Å². The number of hydrogen-bond acceptors (Lipinski definition) is 7. The molecule has 0 saturated heterocycles. The molecule has 0 unspecified atom stereocenters. The fourth-order valence-corrected chi connectivity index (χ4v) is 3.10. The van der Waals surface area contributed by atoms with Crippen LogP contribution in [-0.4, -0.2) is 23.8 Å². The maximum Gasteiger partial charge on any atom is 0.363 e. The lowest BCUT2D eigenvalue weighted by Crippen LogP contribution is -2.07. The first kappa shape index (κ1) is 20.0. The van der Waals surface area contributed by atoms with Gasteiger partial charge in [-0.3, -0.25) is 9.59 Å². The number of esters is 3. The van der Waals surface area contributed by atoms with E-state index in [0.717, 1.165) is 10.8 Å². The van der Waals surface area contributed by atoms with Crippen molar-refractivity contribution in [2.75, 3.05) is 0 Å². The summed E-state index contributed by atoms with van der Waals surface area (Å²) in [4.78, 5) is 39.3. The van der Waals surface area contributed by atoms with E-state index in [-0.39, 0.29) is 23.1 Å². The molecule has 1 heterocycles. The minimum Gasteiger partial charge on any atom is -0.423 e. The van der Waals surface area contributed by atoms with Crippen molar-refractivity contribution in [1.29, 1.82) is 0 Å². The van der Waals surface area contributed by atoms with Gasteiger partial charge in [-0.15, -0.1) is 0 Å². The molecule has 154 valence electrons. The molecule has 0 saturated carbocycles. The van der Waals surface area contributed by atoms with Crippen LogP contribution in [0.15, 0.2) is 71.4 Å². The molecule has 1 aliphatic heterocycles. The van der Waals surface area contributed by atoms with Crippen molar-refractivity contribution < 1.29 is 28.6 Å². The maximum atomic E-state index is 12.3. The van der Waals surface area contributed by atoms with Crippen molar-refractivity contribution in [3.05, 3.63) is 77.5 Å². The second kappa shape index (κ2) is 8.23. The van der Waals surface area contributed by atoms with E-state index in [4.69, 9.17) is 14.2 Å². The molecule has 0 N–H and O–H groups in total. The molecule has 3 aromatic carbocycles. The second-order valence-electron chi connectivity index (χ2n) is 6.79. The molecule has 0 fully saturated rings. The fourth-order valence-electron chi connectivity index (χ4n) is 3.10. The molecule has 4 rings (SSSR count). The molecule has 0 amide bonds. The first-order valence-corrected chi connectivity index (χ1v) is 9.42. The highest BCUT2D eigenvalue weighted by Crippen LogP contribution is 2.30. The molecular formula is C24H17NO6. The SMILES string of the molecule is CC(=O)Oc1ccc(/C=C2\N=C(c3ccc4ccccc4c3)OC2=O)cc1OC(C)=O. The van der Waals surface area contributed by atoms with Gasteiger partial charge < -0.3 is 14.2 Å². The Morgan fingerprint density at radius 1 is 0.871 bits per heavy atom. The number of fused-ring (bicyclic) bond motifs is 1. The Kier molecular flexibility index (Phi) is 5.32. The number of hydrogen-bond donors (Lipinski definition) is 0. The first-order chi connectivity index (χ1) is 14.9. The fraction of sp³-hybridized carbons (Fsp3) is 0.0833. The molecule has 0 atom stereocenters.